The lowest BCUT2D eigenvalue weighted by Gasteiger charge is -2.12. The largest absolute Gasteiger partial charge is 0.465 e. The molecular weight excluding hydrogens is 254 g/mol. The number of ether oxygens (including phenoxy) is 1. The Morgan fingerprint density at radius 2 is 1.78 bits per heavy atom. The van der Waals surface area contributed by atoms with Gasteiger partial charge in [0.1, 0.15) is 6.04 Å². The standard InChI is InChI=1S/C11H11F4NO2/c1-2-18-11(17)8(16)3-5-9(14)6(12)4-7(13)10(5)15/h4,8H,2-3,16H2,1H3. The van der Waals surface area contributed by atoms with Crippen LogP contribution in [0.3, 0.4) is 0 Å². The lowest BCUT2D eigenvalue weighted by atomic mass is 10.0. The van der Waals surface area contributed by atoms with Gasteiger partial charge in [-0.2, -0.15) is 0 Å². The lowest BCUT2D eigenvalue weighted by molar-refractivity contribution is -0.144. The molecule has 100 valence electrons. The minimum absolute atomic E-state index is 0.0367. The summed E-state index contributed by atoms with van der Waals surface area (Å²) >= 11 is 0. The number of nitrogens with two attached hydrogens (primary N) is 1. The van der Waals surface area contributed by atoms with E-state index in [1.54, 1.807) is 0 Å². The molecule has 18 heavy (non-hydrogen) atoms. The van der Waals surface area contributed by atoms with E-state index in [1.165, 1.54) is 6.92 Å². The van der Waals surface area contributed by atoms with Crippen LogP contribution in [-0.4, -0.2) is 18.6 Å². The molecular formula is C11H11F4NO2. The molecule has 1 aromatic carbocycles. The van der Waals surface area contributed by atoms with E-state index < -0.39 is 47.3 Å². The van der Waals surface area contributed by atoms with Gasteiger partial charge in [0.25, 0.3) is 0 Å². The van der Waals surface area contributed by atoms with Gasteiger partial charge in [-0.1, -0.05) is 0 Å². The first-order valence-electron chi connectivity index (χ1n) is 5.12. The zero-order valence-electron chi connectivity index (χ0n) is 9.47. The molecule has 0 aliphatic rings. The highest BCUT2D eigenvalue weighted by molar-refractivity contribution is 5.75. The molecule has 0 heterocycles. The second-order valence-corrected chi connectivity index (χ2v) is 3.51. The minimum Gasteiger partial charge on any atom is -0.465 e. The summed E-state index contributed by atoms with van der Waals surface area (Å²) in [6.45, 7) is 1.56. The van der Waals surface area contributed by atoms with Crippen molar-refractivity contribution in [1.82, 2.24) is 0 Å². The van der Waals surface area contributed by atoms with Crippen molar-refractivity contribution in [2.45, 2.75) is 19.4 Å². The third-order valence-electron chi connectivity index (χ3n) is 2.22. The fourth-order valence-electron chi connectivity index (χ4n) is 1.35. The third-order valence-corrected chi connectivity index (χ3v) is 2.22. The maximum absolute atomic E-state index is 13.3. The predicted molar refractivity (Wildman–Crippen MR) is 54.6 cm³/mol. The van der Waals surface area contributed by atoms with Gasteiger partial charge in [-0.25, -0.2) is 17.6 Å². The molecule has 1 atom stereocenters. The molecule has 0 bridgehead atoms. The quantitative estimate of drug-likeness (QED) is 0.512. The fourth-order valence-corrected chi connectivity index (χ4v) is 1.35. The molecule has 0 radical (unpaired) electrons. The van der Waals surface area contributed by atoms with Crippen LogP contribution in [0.5, 0.6) is 0 Å². The van der Waals surface area contributed by atoms with Crippen molar-refractivity contribution in [1.29, 1.82) is 0 Å². The molecule has 2 N–H and O–H groups in total. The molecule has 0 amide bonds. The Labute approximate surface area is 101 Å². The molecule has 0 saturated heterocycles. The summed E-state index contributed by atoms with van der Waals surface area (Å²) in [7, 11) is 0. The summed E-state index contributed by atoms with van der Waals surface area (Å²) < 4.78 is 56.8. The van der Waals surface area contributed by atoms with Crippen LogP contribution in [0.4, 0.5) is 17.6 Å². The van der Waals surface area contributed by atoms with Crippen molar-refractivity contribution >= 4 is 5.97 Å². The van der Waals surface area contributed by atoms with Crippen LogP contribution in [0.25, 0.3) is 0 Å². The van der Waals surface area contributed by atoms with Crippen molar-refractivity contribution in [3.8, 4) is 0 Å². The van der Waals surface area contributed by atoms with E-state index in [0.29, 0.717) is 0 Å². The summed E-state index contributed by atoms with van der Waals surface area (Å²) in [5, 5.41) is 0. The first-order valence-corrected chi connectivity index (χ1v) is 5.12. The Kier molecular flexibility index (Phi) is 4.66. The minimum atomic E-state index is -1.56. The summed E-state index contributed by atoms with van der Waals surface area (Å²) in [4.78, 5) is 11.2. The lowest BCUT2D eigenvalue weighted by Crippen LogP contribution is -2.35. The predicted octanol–water partition coefficient (Wildman–Crippen LogP) is 1.68. The molecule has 7 heteroatoms. The van der Waals surface area contributed by atoms with E-state index >= 15 is 0 Å². The average molecular weight is 265 g/mol. The highest BCUT2D eigenvalue weighted by Crippen LogP contribution is 2.20. The molecule has 1 rings (SSSR count). The highest BCUT2D eigenvalue weighted by atomic mass is 19.2. The molecule has 3 nitrogen and oxygen atoms in total. The van der Waals surface area contributed by atoms with Gasteiger partial charge in [-0.05, 0) is 6.92 Å². The van der Waals surface area contributed by atoms with Crippen molar-refractivity contribution in [2.75, 3.05) is 6.61 Å². The summed E-state index contributed by atoms with van der Waals surface area (Å²) in [6.07, 6.45) is -0.689. The monoisotopic (exact) mass is 265 g/mol. The van der Waals surface area contributed by atoms with Crippen molar-refractivity contribution in [3.05, 3.63) is 34.9 Å². The van der Waals surface area contributed by atoms with E-state index in [-0.39, 0.29) is 12.7 Å². The summed E-state index contributed by atoms with van der Waals surface area (Å²) in [5.74, 6) is -7.11. The van der Waals surface area contributed by atoms with Crippen molar-refractivity contribution < 1.29 is 27.1 Å². The third kappa shape index (κ3) is 2.98. The van der Waals surface area contributed by atoms with E-state index in [4.69, 9.17) is 5.73 Å². The molecule has 0 fully saturated rings. The highest BCUT2D eigenvalue weighted by Gasteiger charge is 2.24. The first kappa shape index (κ1) is 14.4. The molecule has 0 aliphatic carbocycles. The summed E-state index contributed by atoms with van der Waals surface area (Å²) in [6, 6.07) is -1.31. The van der Waals surface area contributed by atoms with Crippen LogP contribution in [-0.2, 0) is 16.0 Å². The Balaban J connectivity index is 3.00. The molecule has 0 aromatic heterocycles. The van der Waals surface area contributed by atoms with Crippen LogP contribution in [0.1, 0.15) is 12.5 Å². The zero-order chi connectivity index (χ0) is 13.9. The molecule has 0 spiro atoms. The van der Waals surface area contributed by atoms with Crippen molar-refractivity contribution in [3.63, 3.8) is 0 Å². The number of carbonyl (C=O) groups excluding carboxylic acids is 1. The van der Waals surface area contributed by atoms with Crippen LogP contribution < -0.4 is 5.73 Å². The maximum Gasteiger partial charge on any atom is 0.323 e. The Hall–Kier alpha value is -1.63. The van der Waals surface area contributed by atoms with Gasteiger partial charge < -0.3 is 10.5 Å². The fraction of sp³-hybridized carbons (Fsp3) is 0.364. The number of halogens is 4. The normalized spacial score (nSPS) is 12.3. The number of hydrogen-bond acceptors (Lipinski definition) is 3. The topological polar surface area (TPSA) is 52.3 Å². The van der Waals surface area contributed by atoms with Crippen molar-refractivity contribution in [2.24, 2.45) is 5.73 Å². The van der Waals surface area contributed by atoms with Crippen LogP contribution in [0, 0.1) is 23.3 Å². The average Bonchev–Trinajstić information content (AvgIpc) is 2.32. The number of carbonyl (C=O) groups is 1. The Bertz CT molecular complexity index is 439. The van der Waals surface area contributed by atoms with E-state index in [1.807, 2.05) is 0 Å². The van der Waals surface area contributed by atoms with E-state index in [0.717, 1.165) is 0 Å². The van der Waals surface area contributed by atoms with Crippen LogP contribution in [0.2, 0.25) is 0 Å². The number of rotatable bonds is 4. The summed E-state index contributed by atoms with van der Waals surface area (Å²) in [5.41, 5.74) is 4.41. The van der Waals surface area contributed by atoms with Crippen LogP contribution >= 0.6 is 0 Å². The SMILES string of the molecule is CCOC(=O)C(N)Cc1c(F)c(F)cc(F)c1F. The van der Waals surface area contributed by atoms with Gasteiger partial charge >= 0.3 is 5.97 Å². The van der Waals surface area contributed by atoms with Crippen LogP contribution in [0.15, 0.2) is 6.07 Å². The van der Waals surface area contributed by atoms with E-state index in [9.17, 15) is 22.4 Å². The van der Waals surface area contributed by atoms with Gasteiger partial charge in [0, 0.05) is 18.1 Å². The molecule has 0 saturated carbocycles. The number of hydrogen-bond donors (Lipinski definition) is 1. The number of benzene rings is 1. The Morgan fingerprint density at radius 1 is 1.28 bits per heavy atom. The zero-order valence-corrected chi connectivity index (χ0v) is 9.47. The number of esters is 1. The maximum atomic E-state index is 13.3. The van der Waals surface area contributed by atoms with Gasteiger partial charge in [-0.3, -0.25) is 4.79 Å². The van der Waals surface area contributed by atoms with Gasteiger partial charge in [0.15, 0.2) is 23.3 Å². The molecule has 1 unspecified atom stereocenters. The second-order valence-electron chi connectivity index (χ2n) is 3.51. The second kappa shape index (κ2) is 5.81. The molecule has 1 aromatic rings. The smallest absolute Gasteiger partial charge is 0.323 e. The molecule has 0 aliphatic heterocycles. The van der Waals surface area contributed by atoms with Gasteiger partial charge in [-0.15, -0.1) is 0 Å². The van der Waals surface area contributed by atoms with E-state index in [2.05, 4.69) is 4.74 Å². The first-order chi connectivity index (χ1) is 8.38. The van der Waals surface area contributed by atoms with Gasteiger partial charge in [0.05, 0.1) is 6.61 Å². The Morgan fingerprint density at radius 3 is 2.22 bits per heavy atom. The van der Waals surface area contributed by atoms with Gasteiger partial charge in [0.2, 0.25) is 0 Å².